The van der Waals surface area contributed by atoms with E-state index in [1.165, 1.54) is 0 Å². The second-order valence-electron chi connectivity index (χ2n) is 5.73. The minimum atomic E-state index is -4.58. The summed E-state index contributed by atoms with van der Waals surface area (Å²) in [5.74, 6) is -0.0752. The average molecular weight is 311 g/mol. The zero-order chi connectivity index (χ0) is 16.2. The first kappa shape index (κ1) is 18.2. The Bertz CT molecular complexity index is 342. The van der Waals surface area contributed by atoms with E-state index >= 15 is 0 Å². The second kappa shape index (κ2) is 7.42. The maximum Gasteiger partial charge on any atom is 0.415 e. The van der Waals surface area contributed by atoms with Gasteiger partial charge in [0, 0.05) is 38.8 Å². The van der Waals surface area contributed by atoms with E-state index in [0.29, 0.717) is 26.2 Å². The summed E-state index contributed by atoms with van der Waals surface area (Å²) in [6, 6.07) is -0.245. The number of aliphatic hydroxyl groups excluding tert-OH is 1. The molecule has 0 bridgehead atoms. The number of nitrogens with one attached hydrogen (secondary N) is 1. The SMILES string of the molecule is CC(C)NC(=O)[C@@H](C)N1CCN(C[C@H](O)C(F)(F)F)CC1. The van der Waals surface area contributed by atoms with Crippen molar-refractivity contribution in [2.24, 2.45) is 0 Å². The molecule has 5 nitrogen and oxygen atoms in total. The molecule has 0 saturated carbocycles. The minimum absolute atomic E-state index is 0.0585. The lowest BCUT2D eigenvalue weighted by molar-refractivity contribution is -0.209. The minimum Gasteiger partial charge on any atom is -0.382 e. The molecular formula is C13H24F3N3O2. The van der Waals surface area contributed by atoms with Crippen molar-refractivity contribution in [2.75, 3.05) is 32.7 Å². The van der Waals surface area contributed by atoms with Crippen molar-refractivity contribution in [1.29, 1.82) is 0 Å². The van der Waals surface area contributed by atoms with Gasteiger partial charge >= 0.3 is 6.18 Å². The van der Waals surface area contributed by atoms with Crippen molar-refractivity contribution in [3.8, 4) is 0 Å². The predicted octanol–water partition coefficient (Wildman–Crippen LogP) is 0.440. The molecule has 2 atom stereocenters. The highest BCUT2D eigenvalue weighted by atomic mass is 19.4. The molecule has 1 fully saturated rings. The lowest BCUT2D eigenvalue weighted by Gasteiger charge is -2.38. The Morgan fingerprint density at radius 2 is 1.71 bits per heavy atom. The molecule has 0 unspecified atom stereocenters. The molecule has 21 heavy (non-hydrogen) atoms. The molecule has 1 heterocycles. The van der Waals surface area contributed by atoms with E-state index in [2.05, 4.69) is 5.32 Å². The van der Waals surface area contributed by atoms with Gasteiger partial charge in [-0.1, -0.05) is 0 Å². The lowest BCUT2D eigenvalue weighted by atomic mass is 10.2. The third kappa shape index (κ3) is 5.80. The summed E-state index contributed by atoms with van der Waals surface area (Å²) < 4.78 is 36.9. The monoisotopic (exact) mass is 311 g/mol. The Labute approximate surface area is 123 Å². The molecule has 1 aliphatic rings. The summed E-state index contributed by atoms with van der Waals surface area (Å²) in [5.41, 5.74) is 0. The number of rotatable bonds is 5. The van der Waals surface area contributed by atoms with Gasteiger partial charge in [0.25, 0.3) is 0 Å². The molecule has 0 aromatic carbocycles. The van der Waals surface area contributed by atoms with Gasteiger partial charge in [-0.15, -0.1) is 0 Å². The fourth-order valence-corrected chi connectivity index (χ4v) is 2.25. The second-order valence-corrected chi connectivity index (χ2v) is 5.73. The summed E-state index contributed by atoms with van der Waals surface area (Å²) >= 11 is 0. The van der Waals surface area contributed by atoms with E-state index in [9.17, 15) is 18.0 Å². The summed E-state index contributed by atoms with van der Waals surface area (Å²) in [6.45, 7) is 6.97. The van der Waals surface area contributed by atoms with E-state index < -0.39 is 18.8 Å². The van der Waals surface area contributed by atoms with Crippen LogP contribution in [-0.4, -0.2) is 77.9 Å². The van der Waals surface area contributed by atoms with Crippen LogP contribution in [0.2, 0.25) is 0 Å². The number of aliphatic hydroxyl groups is 1. The molecule has 1 rings (SSSR count). The quantitative estimate of drug-likeness (QED) is 0.774. The number of hydrogen-bond donors (Lipinski definition) is 2. The summed E-state index contributed by atoms with van der Waals surface area (Å²) in [6.07, 6.45) is -6.90. The molecule has 1 saturated heterocycles. The number of halogens is 3. The van der Waals surface area contributed by atoms with E-state index in [4.69, 9.17) is 5.11 Å². The molecule has 1 amide bonds. The average Bonchev–Trinajstić information content (AvgIpc) is 2.36. The number of alkyl halides is 3. The van der Waals surface area contributed by atoms with Gasteiger partial charge in [-0.25, -0.2) is 0 Å². The molecular weight excluding hydrogens is 287 g/mol. The maximum atomic E-state index is 12.3. The van der Waals surface area contributed by atoms with E-state index in [1.807, 2.05) is 18.7 Å². The molecule has 1 aliphatic heterocycles. The van der Waals surface area contributed by atoms with Crippen LogP contribution in [0.15, 0.2) is 0 Å². The van der Waals surface area contributed by atoms with Crippen molar-refractivity contribution in [3.05, 3.63) is 0 Å². The molecule has 0 aliphatic carbocycles. The molecule has 8 heteroatoms. The lowest BCUT2D eigenvalue weighted by Crippen LogP contribution is -2.56. The van der Waals surface area contributed by atoms with E-state index in [-0.39, 0.29) is 18.0 Å². The van der Waals surface area contributed by atoms with Crippen LogP contribution in [0.1, 0.15) is 20.8 Å². The first-order valence-corrected chi connectivity index (χ1v) is 7.12. The summed E-state index contributed by atoms with van der Waals surface area (Å²) in [4.78, 5) is 15.4. The Kier molecular flexibility index (Phi) is 6.42. The number of carbonyl (C=O) groups excluding carboxylic acids is 1. The van der Waals surface area contributed by atoms with Crippen LogP contribution in [-0.2, 0) is 4.79 Å². The van der Waals surface area contributed by atoms with Gasteiger partial charge in [0.15, 0.2) is 6.10 Å². The fraction of sp³-hybridized carbons (Fsp3) is 0.923. The van der Waals surface area contributed by atoms with Crippen LogP contribution in [0.25, 0.3) is 0 Å². The highest BCUT2D eigenvalue weighted by molar-refractivity contribution is 5.81. The summed E-state index contributed by atoms with van der Waals surface area (Å²) in [5, 5.41) is 11.9. The molecule has 2 N–H and O–H groups in total. The smallest absolute Gasteiger partial charge is 0.382 e. The highest BCUT2D eigenvalue weighted by Gasteiger charge is 2.39. The van der Waals surface area contributed by atoms with Crippen LogP contribution in [0.5, 0.6) is 0 Å². The molecule has 124 valence electrons. The van der Waals surface area contributed by atoms with Crippen LogP contribution < -0.4 is 5.32 Å². The third-order valence-corrected chi connectivity index (χ3v) is 3.57. The maximum absolute atomic E-state index is 12.3. The van der Waals surface area contributed by atoms with Crippen molar-refractivity contribution in [1.82, 2.24) is 15.1 Å². The zero-order valence-electron chi connectivity index (χ0n) is 12.7. The first-order valence-electron chi connectivity index (χ1n) is 7.12. The van der Waals surface area contributed by atoms with Crippen molar-refractivity contribution >= 4 is 5.91 Å². The van der Waals surface area contributed by atoms with Crippen LogP contribution >= 0.6 is 0 Å². The van der Waals surface area contributed by atoms with E-state index in [1.54, 1.807) is 11.8 Å². The molecule has 0 radical (unpaired) electrons. The van der Waals surface area contributed by atoms with Crippen LogP contribution in [0.3, 0.4) is 0 Å². The van der Waals surface area contributed by atoms with Gasteiger partial charge in [0.1, 0.15) is 0 Å². The van der Waals surface area contributed by atoms with Crippen LogP contribution in [0.4, 0.5) is 13.2 Å². The number of β-amino-alcohol motifs (C(OH)–C–C–N with tert-alkyl or cyclic N) is 1. The standard InChI is InChI=1S/C13H24F3N3O2/c1-9(2)17-12(21)10(3)19-6-4-18(5-7-19)8-11(20)13(14,15)16/h9-11,20H,4-8H2,1-3H3,(H,17,21)/t10-,11+/m1/s1. The van der Waals surface area contributed by atoms with Crippen molar-refractivity contribution in [2.45, 2.75) is 45.1 Å². The number of carbonyl (C=O) groups is 1. The topological polar surface area (TPSA) is 55.8 Å². The van der Waals surface area contributed by atoms with Crippen molar-refractivity contribution < 1.29 is 23.1 Å². The largest absolute Gasteiger partial charge is 0.415 e. The molecule has 0 aromatic rings. The van der Waals surface area contributed by atoms with E-state index in [0.717, 1.165) is 0 Å². The number of hydrogen-bond acceptors (Lipinski definition) is 4. The van der Waals surface area contributed by atoms with Gasteiger partial charge in [-0.05, 0) is 20.8 Å². The fourth-order valence-electron chi connectivity index (χ4n) is 2.25. The normalized spacial score (nSPS) is 21.3. The van der Waals surface area contributed by atoms with Gasteiger partial charge in [-0.3, -0.25) is 14.6 Å². The first-order chi connectivity index (χ1) is 9.61. The Morgan fingerprint density at radius 1 is 1.19 bits per heavy atom. The van der Waals surface area contributed by atoms with Gasteiger partial charge in [-0.2, -0.15) is 13.2 Å². The van der Waals surface area contributed by atoms with Gasteiger partial charge < -0.3 is 10.4 Å². The number of amides is 1. The number of piperazine rings is 1. The highest BCUT2D eigenvalue weighted by Crippen LogP contribution is 2.21. The third-order valence-electron chi connectivity index (χ3n) is 3.57. The van der Waals surface area contributed by atoms with Gasteiger partial charge in [0.05, 0.1) is 6.04 Å². The van der Waals surface area contributed by atoms with Gasteiger partial charge in [0.2, 0.25) is 5.91 Å². The zero-order valence-corrected chi connectivity index (χ0v) is 12.7. The Balaban J connectivity index is 2.40. The Morgan fingerprint density at radius 3 is 2.14 bits per heavy atom. The number of nitrogens with zero attached hydrogens (tertiary/aromatic N) is 2. The van der Waals surface area contributed by atoms with Crippen molar-refractivity contribution in [3.63, 3.8) is 0 Å². The predicted molar refractivity (Wildman–Crippen MR) is 72.8 cm³/mol. The summed E-state index contributed by atoms with van der Waals surface area (Å²) in [7, 11) is 0. The Hall–Kier alpha value is -0.860. The van der Waals surface area contributed by atoms with Crippen LogP contribution in [0, 0.1) is 0 Å². The molecule has 0 aromatic heterocycles. The molecule has 0 spiro atoms.